The predicted molar refractivity (Wildman–Crippen MR) is 51.4 cm³/mol. The molecular weight excluding hydrogens is 152 g/mol. The van der Waals surface area contributed by atoms with E-state index in [1.54, 1.807) is 0 Å². The highest BCUT2D eigenvalue weighted by Gasteiger charge is 2.01. The van der Waals surface area contributed by atoms with Gasteiger partial charge in [0.2, 0.25) is 0 Å². The van der Waals surface area contributed by atoms with Gasteiger partial charge in [-0.3, -0.25) is 0 Å². The Balaban J connectivity index is 3.06. The molecule has 0 rings (SSSR count). The lowest BCUT2D eigenvalue weighted by Gasteiger charge is -2.12. The fourth-order valence-corrected chi connectivity index (χ4v) is 1.04. The zero-order chi connectivity index (χ0) is 9.23. The monoisotopic (exact) mass is 174 g/mol. The number of rotatable bonds is 8. The molecule has 0 spiro atoms. The van der Waals surface area contributed by atoms with Crippen molar-refractivity contribution in [1.82, 2.24) is 0 Å². The molecule has 0 amide bonds. The fourth-order valence-electron chi connectivity index (χ4n) is 1.04. The van der Waals surface area contributed by atoms with Crippen LogP contribution in [0.15, 0.2) is 0 Å². The van der Waals surface area contributed by atoms with Crippen molar-refractivity contribution in [3.05, 3.63) is 0 Å². The summed E-state index contributed by atoms with van der Waals surface area (Å²) < 4.78 is 10.6. The van der Waals surface area contributed by atoms with E-state index in [9.17, 15) is 0 Å². The molecule has 2 nitrogen and oxygen atoms in total. The molecule has 12 heavy (non-hydrogen) atoms. The summed E-state index contributed by atoms with van der Waals surface area (Å²) in [5.41, 5.74) is 0. The van der Waals surface area contributed by atoms with Gasteiger partial charge in [-0.15, -0.1) is 0 Å². The van der Waals surface area contributed by atoms with E-state index in [4.69, 9.17) is 9.47 Å². The molecule has 0 aliphatic heterocycles. The van der Waals surface area contributed by atoms with Gasteiger partial charge in [0, 0.05) is 13.2 Å². The van der Waals surface area contributed by atoms with E-state index in [2.05, 4.69) is 13.8 Å². The molecule has 0 aliphatic rings. The van der Waals surface area contributed by atoms with E-state index in [0.29, 0.717) is 0 Å². The van der Waals surface area contributed by atoms with Crippen LogP contribution < -0.4 is 0 Å². The Hall–Kier alpha value is -0.0800. The average molecular weight is 174 g/mol. The summed E-state index contributed by atoms with van der Waals surface area (Å²) in [6, 6.07) is 0. The normalized spacial score (nSPS) is 11.0. The highest BCUT2D eigenvalue weighted by atomic mass is 16.5. The van der Waals surface area contributed by atoms with Crippen LogP contribution in [-0.2, 0) is 9.47 Å². The maximum atomic E-state index is 5.45. The first-order valence-electron chi connectivity index (χ1n) is 5.00. The first-order chi connectivity index (χ1) is 5.85. The van der Waals surface area contributed by atoms with Crippen molar-refractivity contribution in [2.45, 2.75) is 33.6 Å². The lowest BCUT2D eigenvalue weighted by Crippen LogP contribution is -2.11. The molecule has 0 heterocycles. The lowest BCUT2D eigenvalue weighted by molar-refractivity contribution is 0.0362. The van der Waals surface area contributed by atoms with Crippen LogP contribution in [0.1, 0.15) is 33.6 Å². The Morgan fingerprint density at radius 1 is 0.917 bits per heavy atom. The Morgan fingerprint density at radius 2 is 1.50 bits per heavy atom. The van der Waals surface area contributed by atoms with Crippen molar-refractivity contribution in [2.24, 2.45) is 5.92 Å². The predicted octanol–water partition coefficient (Wildman–Crippen LogP) is 2.48. The van der Waals surface area contributed by atoms with Crippen molar-refractivity contribution < 1.29 is 9.47 Å². The van der Waals surface area contributed by atoms with E-state index >= 15 is 0 Å². The van der Waals surface area contributed by atoms with Crippen LogP contribution in [0.4, 0.5) is 0 Å². The van der Waals surface area contributed by atoms with Crippen molar-refractivity contribution in [3.8, 4) is 0 Å². The third-order valence-corrected chi connectivity index (χ3v) is 2.08. The Bertz CT molecular complexity index is 79.9. The van der Waals surface area contributed by atoms with Crippen LogP contribution in [0.5, 0.6) is 0 Å². The van der Waals surface area contributed by atoms with Crippen LogP contribution in [0.2, 0.25) is 0 Å². The number of ether oxygens (including phenoxy) is 2. The molecule has 0 aromatic carbocycles. The summed E-state index contributed by atoms with van der Waals surface area (Å²) in [5, 5.41) is 0. The van der Waals surface area contributed by atoms with E-state index in [1.807, 2.05) is 6.92 Å². The summed E-state index contributed by atoms with van der Waals surface area (Å²) in [4.78, 5) is 0. The van der Waals surface area contributed by atoms with Crippen LogP contribution in [-0.4, -0.2) is 26.4 Å². The Kier molecular flexibility index (Phi) is 8.95. The average Bonchev–Trinajstić information content (AvgIpc) is 2.11. The Morgan fingerprint density at radius 3 is 2.00 bits per heavy atom. The third kappa shape index (κ3) is 6.62. The van der Waals surface area contributed by atoms with Gasteiger partial charge in [-0.25, -0.2) is 0 Å². The molecule has 0 saturated heterocycles. The van der Waals surface area contributed by atoms with Gasteiger partial charge in [-0.05, 0) is 12.8 Å². The summed E-state index contributed by atoms with van der Waals surface area (Å²) >= 11 is 0. The van der Waals surface area contributed by atoms with Crippen molar-refractivity contribution in [3.63, 3.8) is 0 Å². The SMILES string of the molecule is CCOCCOCC(CC)CC. The van der Waals surface area contributed by atoms with Crippen molar-refractivity contribution in [1.29, 1.82) is 0 Å². The fraction of sp³-hybridized carbons (Fsp3) is 1.00. The molecule has 0 unspecified atom stereocenters. The standard InChI is InChI=1S/C10H22O2/c1-4-10(5-2)9-12-8-7-11-6-3/h10H,4-9H2,1-3H3. The smallest absolute Gasteiger partial charge is 0.0700 e. The Labute approximate surface area is 76.3 Å². The minimum atomic E-state index is 0.728. The summed E-state index contributed by atoms with van der Waals surface area (Å²) in [5.74, 6) is 0.728. The minimum absolute atomic E-state index is 0.728. The summed E-state index contributed by atoms with van der Waals surface area (Å²) in [7, 11) is 0. The zero-order valence-corrected chi connectivity index (χ0v) is 8.64. The summed E-state index contributed by atoms with van der Waals surface area (Å²) in [6.07, 6.45) is 2.43. The van der Waals surface area contributed by atoms with Crippen molar-refractivity contribution in [2.75, 3.05) is 26.4 Å². The quantitative estimate of drug-likeness (QED) is 0.526. The second-order valence-electron chi connectivity index (χ2n) is 2.95. The molecule has 0 aliphatic carbocycles. The first-order valence-corrected chi connectivity index (χ1v) is 5.00. The maximum Gasteiger partial charge on any atom is 0.0700 e. The molecule has 0 atom stereocenters. The molecule has 74 valence electrons. The second kappa shape index (κ2) is 9.01. The highest BCUT2D eigenvalue weighted by Crippen LogP contribution is 2.06. The maximum absolute atomic E-state index is 5.45. The molecule has 2 heteroatoms. The lowest BCUT2D eigenvalue weighted by atomic mass is 10.1. The topological polar surface area (TPSA) is 18.5 Å². The van der Waals surface area contributed by atoms with Gasteiger partial charge in [0.05, 0.1) is 13.2 Å². The number of hydrogen-bond acceptors (Lipinski definition) is 2. The van der Waals surface area contributed by atoms with Crippen LogP contribution in [0.3, 0.4) is 0 Å². The third-order valence-electron chi connectivity index (χ3n) is 2.08. The largest absolute Gasteiger partial charge is 0.379 e. The van der Waals surface area contributed by atoms with Gasteiger partial charge in [-0.2, -0.15) is 0 Å². The molecule has 0 saturated carbocycles. The second-order valence-corrected chi connectivity index (χ2v) is 2.95. The molecule has 0 radical (unpaired) electrons. The number of hydrogen-bond donors (Lipinski definition) is 0. The van der Waals surface area contributed by atoms with Crippen LogP contribution in [0, 0.1) is 5.92 Å². The molecule has 0 N–H and O–H groups in total. The molecule has 0 aromatic heterocycles. The molecule has 0 aromatic rings. The van der Waals surface area contributed by atoms with E-state index in [0.717, 1.165) is 32.3 Å². The highest BCUT2D eigenvalue weighted by molar-refractivity contribution is 4.51. The van der Waals surface area contributed by atoms with Gasteiger partial charge in [-0.1, -0.05) is 26.7 Å². The van der Waals surface area contributed by atoms with E-state index < -0.39 is 0 Å². The van der Waals surface area contributed by atoms with Gasteiger partial charge in [0.1, 0.15) is 0 Å². The molecular formula is C10H22O2. The van der Waals surface area contributed by atoms with Crippen molar-refractivity contribution >= 4 is 0 Å². The van der Waals surface area contributed by atoms with Gasteiger partial charge < -0.3 is 9.47 Å². The molecule has 0 bridgehead atoms. The van der Waals surface area contributed by atoms with Gasteiger partial charge >= 0.3 is 0 Å². The van der Waals surface area contributed by atoms with Gasteiger partial charge in [0.25, 0.3) is 0 Å². The van der Waals surface area contributed by atoms with Gasteiger partial charge in [0.15, 0.2) is 0 Å². The van der Waals surface area contributed by atoms with E-state index in [-0.39, 0.29) is 0 Å². The molecule has 0 fully saturated rings. The van der Waals surface area contributed by atoms with Crippen LogP contribution in [0.25, 0.3) is 0 Å². The van der Waals surface area contributed by atoms with E-state index in [1.165, 1.54) is 12.8 Å². The summed E-state index contributed by atoms with van der Waals surface area (Å²) in [6.45, 7) is 9.57. The minimum Gasteiger partial charge on any atom is -0.379 e. The first kappa shape index (κ1) is 11.9. The van der Waals surface area contributed by atoms with Crippen LogP contribution >= 0.6 is 0 Å². The zero-order valence-electron chi connectivity index (χ0n) is 8.64.